The molecule has 0 aromatic carbocycles. The third-order valence-electron chi connectivity index (χ3n) is 5.03. The topological polar surface area (TPSA) is 71.1 Å². The summed E-state index contributed by atoms with van der Waals surface area (Å²) < 4.78 is 21.2. The van der Waals surface area contributed by atoms with Gasteiger partial charge >= 0.3 is 12.3 Å². The van der Waals surface area contributed by atoms with Gasteiger partial charge < -0.3 is 18.9 Å². The minimum atomic E-state index is -0.609. The fourth-order valence-electron chi connectivity index (χ4n) is 3.43. The first-order chi connectivity index (χ1) is 13.4. The molecule has 0 saturated heterocycles. The van der Waals surface area contributed by atoms with Crippen LogP contribution < -0.4 is 0 Å². The van der Waals surface area contributed by atoms with E-state index in [2.05, 4.69) is 13.8 Å². The number of carbonyl (C=O) groups excluding carboxylic acids is 2. The third kappa shape index (κ3) is 11.4. The summed E-state index contributed by atoms with van der Waals surface area (Å²) in [5.41, 5.74) is 0. The van der Waals surface area contributed by atoms with E-state index in [1.165, 1.54) is 19.3 Å². The molecule has 0 bridgehead atoms. The minimum Gasteiger partial charge on any atom is -0.434 e. The van der Waals surface area contributed by atoms with Gasteiger partial charge in [0.05, 0.1) is 13.2 Å². The summed E-state index contributed by atoms with van der Waals surface area (Å²) in [7, 11) is 0. The van der Waals surface area contributed by atoms with Gasteiger partial charge in [0.25, 0.3) is 0 Å². The molecule has 1 saturated carbocycles. The molecule has 0 amide bonds. The number of carbonyl (C=O) groups is 2. The van der Waals surface area contributed by atoms with Crippen LogP contribution in [0.3, 0.4) is 0 Å². The minimum absolute atomic E-state index is 0.163. The molecule has 1 aliphatic rings. The Labute approximate surface area is 170 Å². The second-order valence-electron chi connectivity index (χ2n) is 8.30. The van der Waals surface area contributed by atoms with Crippen molar-refractivity contribution in [3.8, 4) is 0 Å². The highest BCUT2D eigenvalue weighted by Crippen LogP contribution is 2.24. The van der Waals surface area contributed by atoms with E-state index in [0.717, 1.165) is 19.3 Å². The molecule has 28 heavy (non-hydrogen) atoms. The average Bonchev–Trinajstić information content (AvgIpc) is 2.66. The Bertz CT molecular complexity index is 429. The molecular weight excluding hydrogens is 360 g/mol. The zero-order valence-electron chi connectivity index (χ0n) is 18.2. The van der Waals surface area contributed by atoms with E-state index in [9.17, 15) is 9.59 Å². The Morgan fingerprint density at radius 3 is 1.79 bits per heavy atom. The van der Waals surface area contributed by atoms with E-state index in [1.54, 1.807) is 0 Å². The molecule has 0 heterocycles. The van der Waals surface area contributed by atoms with Crippen molar-refractivity contribution in [1.29, 1.82) is 0 Å². The van der Waals surface area contributed by atoms with Crippen LogP contribution in [-0.2, 0) is 18.9 Å². The van der Waals surface area contributed by atoms with Crippen molar-refractivity contribution in [3.63, 3.8) is 0 Å². The Morgan fingerprint density at radius 2 is 1.32 bits per heavy atom. The lowest BCUT2D eigenvalue weighted by atomic mass is 9.95. The maximum absolute atomic E-state index is 12.0. The van der Waals surface area contributed by atoms with E-state index in [1.807, 2.05) is 13.8 Å². The van der Waals surface area contributed by atoms with Crippen LogP contribution in [0.4, 0.5) is 9.59 Å². The lowest BCUT2D eigenvalue weighted by Gasteiger charge is -2.27. The number of ether oxygens (including phenoxy) is 4. The summed E-state index contributed by atoms with van der Waals surface area (Å²) in [6.45, 7) is 9.10. The zero-order chi connectivity index (χ0) is 20.8. The Hall–Kier alpha value is -1.46. The van der Waals surface area contributed by atoms with Crippen molar-refractivity contribution in [2.45, 2.75) is 104 Å². The monoisotopic (exact) mass is 400 g/mol. The maximum atomic E-state index is 12.0. The maximum Gasteiger partial charge on any atom is 0.508 e. The number of unbranched alkanes of at least 4 members (excludes halogenated alkanes) is 2. The first-order valence-corrected chi connectivity index (χ1v) is 11.1. The predicted octanol–water partition coefficient (Wildman–Crippen LogP) is 6.26. The Kier molecular flexibility index (Phi) is 12.8. The summed E-state index contributed by atoms with van der Waals surface area (Å²) in [5.74, 6) is 0.705. The molecular formula is C22H40O6. The molecule has 1 unspecified atom stereocenters. The molecule has 1 atom stereocenters. The smallest absolute Gasteiger partial charge is 0.434 e. The lowest BCUT2D eigenvalue weighted by Crippen LogP contribution is -2.30. The van der Waals surface area contributed by atoms with Gasteiger partial charge in [-0.1, -0.05) is 53.4 Å². The van der Waals surface area contributed by atoms with Gasteiger partial charge in [0.2, 0.25) is 0 Å². The molecule has 0 N–H and O–H groups in total. The largest absolute Gasteiger partial charge is 0.508 e. The standard InChI is InChI=1S/C22H40O6/c1-5-7-8-10-18(9-6-2)16-26-22(24)28-20-13-11-19(12-14-20)27-21(23)25-15-17(3)4/h17-20H,5-16H2,1-4H3. The molecule has 6 nitrogen and oxygen atoms in total. The second kappa shape index (κ2) is 14.5. The van der Waals surface area contributed by atoms with Crippen molar-refractivity contribution < 1.29 is 28.5 Å². The normalized spacial score (nSPS) is 20.5. The summed E-state index contributed by atoms with van der Waals surface area (Å²) in [4.78, 5) is 23.6. The summed E-state index contributed by atoms with van der Waals surface area (Å²) in [6, 6.07) is 0. The zero-order valence-corrected chi connectivity index (χ0v) is 18.2. The summed E-state index contributed by atoms with van der Waals surface area (Å²) in [6.07, 6.45) is 8.06. The second-order valence-corrected chi connectivity index (χ2v) is 8.30. The third-order valence-corrected chi connectivity index (χ3v) is 5.03. The predicted molar refractivity (Wildman–Crippen MR) is 108 cm³/mol. The van der Waals surface area contributed by atoms with Gasteiger partial charge in [-0.25, -0.2) is 9.59 Å². The molecule has 6 heteroatoms. The molecule has 0 aliphatic heterocycles. The quantitative estimate of drug-likeness (QED) is 0.284. The summed E-state index contributed by atoms with van der Waals surface area (Å²) in [5, 5.41) is 0. The molecule has 1 rings (SSSR count). The van der Waals surface area contributed by atoms with Crippen LogP contribution in [0.1, 0.15) is 91.9 Å². The summed E-state index contributed by atoms with van der Waals surface area (Å²) >= 11 is 0. The lowest BCUT2D eigenvalue weighted by molar-refractivity contribution is -0.0310. The van der Waals surface area contributed by atoms with Crippen molar-refractivity contribution in [2.24, 2.45) is 11.8 Å². The van der Waals surface area contributed by atoms with Gasteiger partial charge in [0.15, 0.2) is 0 Å². The number of rotatable bonds is 12. The van der Waals surface area contributed by atoms with Crippen LogP contribution in [0, 0.1) is 11.8 Å². The number of hydrogen-bond donors (Lipinski definition) is 0. The highest BCUT2D eigenvalue weighted by atomic mass is 16.7. The highest BCUT2D eigenvalue weighted by molar-refractivity contribution is 5.60. The van der Waals surface area contributed by atoms with E-state index in [0.29, 0.717) is 44.8 Å². The van der Waals surface area contributed by atoms with Gasteiger partial charge in [-0.15, -0.1) is 0 Å². The fourth-order valence-corrected chi connectivity index (χ4v) is 3.43. The van der Waals surface area contributed by atoms with Gasteiger partial charge in [0, 0.05) is 0 Å². The van der Waals surface area contributed by atoms with Gasteiger partial charge in [-0.2, -0.15) is 0 Å². The Balaban J connectivity index is 2.21. The van der Waals surface area contributed by atoms with Crippen LogP contribution in [0.5, 0.6) is 0 Å². The van der Waals surface area contributed by atoms with Crippen molar-refractivity contribution >= 4 is 12.3 Å². The van der Waals surface area contributed by atoms with E-state index < -0.39 is 12.3 Å². The molecule has 1 fully saturated rings. The van der Waals surface area contributed by atoms with Crippen molar-refractivity contribution in [2.75, 3.05) is 13.2 Å². The highest BCUT2D eigenvalue weighted by Gasteiger charge is 2.27. The van der Waals surface area contributed by atoms with Gasteiger partial charge in [-0.3, -0.25) is 0 Å². The molecule has 0 spiro atoms. The SMILES string of the molecule is CCCCCC(CCC)COC(=O)OC1CCC(OC(=O)OCC(C)C)CC1. The molecule has 1 aliphatic carbocycles. The van der Waals surface area contributed by atoms with Crippen LogP contribution in [0.25, 0.3) is 0 Å². The van der Waals surface area contributed by atoms with Crippen molar-refractivity contribution in [3.05, 3.63) is 0 Å². The van der Waals surface area contributed by atoms with E-state index in [-0.39, 0.29) is 18.1 Å². The molecule has 0 aromatic heterocycles. The van der Waals surface area contributed by atoms with Crippen LogP contribution >= 0.6 is 0 Å². The molecule has 164 valence electrons. The van der Waals surface area contributed by atoms with Gasteiger partial charge in [-0.05, 0) is 50.4 Å². The van der Waals surface area contributed by atoms with Crippen LogP contribution in [0.2, 0.25) is 0 Å². The van der Waals surface area contributed by atoms with E-state index in [4.69, 9.17) is 18.9 Å². The van der Waals surface area contributed by atoms with Gasteiger partial charge in [0.1, 0.15) is 12.2 Å². The van der Waals surface area contributed by atoms with Crippen LogP contribution in [-0.4, -0.2) is 37.7 Å². The first-order valence-electron chi connectivity index (χ1n) is 11.1. The first kappa shape index (κ1) is 24.6. The number of hydrogen-bond acceptors (Lipinski definition) is 6. The Morgan fingerprint density at radius 1 is 0.786 bits per heavy atom. The van der Waals surface area contributed by atoms with Crippen molar-refractivity contribution in [1.82, 2.24) is 0 Å². The van der Waals surface area contributed by atoms with E-state index >= 15 is 0 Å². The molecule has 0 radical (unpaired) electrons. The molecule has 0 aromatic rings. The average molecular weight is 401 g/mol. The fraction of sp³-hybridized carbons (Fsp3) is 0.909. The van der Waals surface area contributed by atoms with Crippen LogP contribution in [0.15, 0.2) is 0 Å².